The van der Waals surface area contributed by atoms with Gasteiger partial charge in [0.1, 0.15) is 0 Å². The third kappa shape index (κ3) is 4.64. The summed E-state index contributed by atoms with van der Waals surface area (Å²) >= 11 is 3.14. The molecule has 130 valence electrons. The molecular weight excluding hydrogens is 356 g/mol. The van der Waals surface area contributed by atoms with Crippen molar-refractivity contribution < 1.29 is 14.3 Å². The first-order valence-corrected chi connectivity index (χ1v) is 9.73. The molecule has 0 spiro atoms. The van der Waals surface area contributed by atoms with Crippen molar-refractivity contribution in [3.63, 3.8) is 0 Å². The van der Waals surface area contributed by atoms with Crippen LogP contribution in [0.3, 0.4) is 0 Å². The highest BCUT2D eigenvalue weighted by molar-refractivity contribution is 8.02. The maximum absolute atomic E-state index is 12.3. The Kier molecular flexibility index (Phi) is 5.78. The van der Waals surface area contributed by atoms with E-state index in [9.17, 15) is 9.59 Å². The molecule has 0 saturated carbocycles. The number of amides is 2. The number of hydrogen-bond acceptors (Lipinski definition) is 5. The van der Waals surface area contributed by atoms with Gasteiger partial charge in [-0.15, -0.1) is 23.1 Å². The van der Waals surface area contributed by atoms with Gasteiger partial charge in [0, 0.05) is 27.3 Å². The van der Waals surface area contributed by atoms with Gasteiger partial charge in [-0.05, 0) is 36.1 Å². The van der Waals surface area contributed by atoms with E-state index < -0.39 is 0 Å². The lowest BCUT2D eigenvalue weighted by molar-refractivity contribution is -0.116. The summed E-state index contributed by atoms with van der Waals surface area (Å²) in [5, 5.41) is 9.39. The highest BCUT2D eigenvalue weighted by Crippen LogP contribution is 2.21. The zero-order valence-corrected chi connectivity index (χ0v) is 15.3. The summed E-state index contributed by atoms with van der Waals surface area (Å²) in [4.78, 5) is 25.7. The van der Waals surface area contributed by atoms with Crippen LogP contribution in [0.1, 0.15) is 20.8 Å². The lowest BCUT2D eigenvalue weighted by Crippen LogP contribution is -2.23. The Bertz CT molecular complexity index is 801. The van der Waals surface area contributed by atoms with E-state index in [0.717, 1.165) is 16.2 Å². The number of nitrogens with one attached hydrogen (secondary N) is 2. The minimum absolute atomic E-state index is 0.174. The Hall–Kier alpha value is -2.25. The monoisotopic (exact) mass is 374 g/mol. The molecular formula is C18H18N2O3S2. The number of carbonyl (C=O) groups is 2. The molecule has 5 nitrogen and oxygen atoms in total. The summed E-state index contributed by atoms with van der Waals surface area (Å²) in [6.07, 6.45) is 0. The first-order valence-electron chi connectivity index (χ1n) is 7.80. The van der Waals surface area contributed by atoms with Crippen molar-refractivity contribution in [1.82, 2.24) is 5.32 Å². The number of hydrogen-bond donors (Lipinski definition) is 2. The second-order valence-electron chi connectivity index (χ2n) is 5.45. The molecule has 1 aliphatic rings. The van der Waals surface area contributed by atoms with E-state index >= 15 is 0 Å². The van der Waals surface area contributed by atoms with Gasteiger partial charge in [-0.3, -0.25) is 9.59 Å². The summed E-state index contributed by atoms with van der Waals surface area (Å²) < 4.78 is 5.36. The molecule has 0 saturated heterocycles. The summed E-state index contributed by atoms with van der Waals surface area (Å²) in [7, 11) is 0. The maximum atomic E-state index is 12.3. The molecule has 0 radical (unpaired) electrons. The van der Waals surface area contributed by atoms with Crippen LogP contribution in [0.5, 0.6) is 0 Å². The third-order valence-electron chi connectivity index (χ3n) is 3.62. The molecule has 0 atom stereocenters. The smallest absolute Gasteiger partial charge is 0.291 e. The molecule has 2 N–H and O–H groups in total. The van der Waals surface area contributed by atoms with Crippen LogP contribution in [0.4, 0.5) is 5.69 Å². The van der Waals surface area contributed by atoms with Gasteiger partial charge in [-0.25, -0.2) is 0 Å². The largest absolute Gasteiger partial charge is 0.487 e. The Morgan fingerprint density at radius 2 is 2.12 bits per heavy atom. The molecule has 3 rings (SSSR count). The summed E-state index contributed by atoms with van der Waals surface area (Å²) in [5.41, 5.74) is 1.99. The molecule has 0 unspecified atom stereocenters. The molecule has 2 aromatic rings. The summed E-state index contributed by atoms with van der Waals surface area (Å²) in [6, 6.07) is 9.18. The van der Waals surface area contributed by atoms with Gasteiger partial charge in [0.05, 0.1) is 13.2 Å². The zero-order chi connectivity index (χ0) is 17.6. The van der Waals surface area contributed by atoms with Crippen molar-refractivity contribution in [3.05, 3.63) is 62.9 Å². The number of carbonyl (C=O) groups excluding carboxylic acids is 2. The highest BCUT2D eigenvalue weighted by atomic mass is 32.2. The van der Waals surface area contributed by atoms with Crippen LogP contribution in [-0.4, -0.2) is 24.2 Å². The molecule has 2 amide bonds. The maximum Gasteiger partial charge on any atom is 0.291 e. The number of thiophene rings is 1. The van der Waals surface area contributed by atoms with E-state index in [4.69, 9.17) is 4.74 Å². The fraction of sp³-hybridized carbons (Fsp3) is 0.222. The van der Waals surface area contributed by atoms with Crippen molar-refractivity contribution >= 4 is 40.6 Å². The van der Waals surface area contributed by atoms with Crippen molar-refractivity contribution in [3.8, 4) is 0 Å². The lowest BCUT2D eigenvalue weighted by atomic mass is 10.1. The number of anilines is 1. The number of ether oxygens (including phenoxy) is 1. The lowest BCUT2D eigenvalue weighted by Gasteiger charge is -2.15. The van der Waals surface area contributed by atoms with Crippen LogP contribution < -0.4 is 10.6 Å². The average Bonchev–Trinajstić information content (AvgIpc) is 3.16. The number of benzene rings is 1. The van der Waals surface area contributed by atoms with Gasteiger partial charge in [-0.1, -0.05) is 12.1 Å². The van der Waals surface area contributed by atoms with Crippen LogP contribution in [0.2, 0.25) is 0 Å². The zero-order valence-electron chi connectivity index (χ0n) is 13.7. The summed E-state index contributed by atoms with van der Waals surface area (Å²) in [6.45, 7) is 2.89. The van der Waals surface area contributed by atoms with Gasteiger partial charge in [-0.2, -0.15) is 0 Å². The molecule has 2 heterocycles. The molecule has 1 aromatic heterocycles. The topological polar surface area (TPSA) is 67.4 Å². The second-order valence-corrected chi connectivity index (χ2v) is 7.46. The Balaban J connectivity index is 1.68. The molecule has 0 aliphatic carbocycles. The van der Waals surface area contributed by atoms with Gasteiger partial charge >= 0.3 is 0 Å². The van der Waals surface area contributed by atoms with Crippen LogP contribution >= 0.6 is 23.1 Å². The highest BCUT2D eigenvalue weighted by Gasteiger charge is 2.16. The first-order chi connectivity index (χ1) is 12.1. The molecule has 25 heavy (non-hydrogen) atoms. The van der Waals surface area contributed by atoms with Gasteiger partial charge < -0.3 is 15.4 Å². The minimum Gasteiger partial charge on any atom is -0.487 e. The number of aryl methyl sites for hydroxylation is 1. The summed E-state index contributed by atoms with van der Waals surface area (Å²) in [5.74, 6) is 0.678. The number of thioether (sulfide) groups is 1. The van der Waals surface area contributed by atoms with E-state index in [1.807, 2.05) is 30.5 Å². The fourth-order valence-electron chi connectivity index (χ4n) is 2.25. The van der Waals surface area contributed by atoms with E-state index in [1.54, 1.807) is 40.6 Å². The van der Waals surface area contributed by atoms with Gasteiger partial charge in [0.15, 0.2) is 5.76 Å². The van der Waals surface area contributed by atoms with Crippen LogP contribution in [-0.2, 0) is 16.1 Å². The molecule has 0 bridgehead atoms. The standard InChI is InChI=1S/C18H18N2O3S2/c1-12-4-5-13(17(21)19-10-14-3-2-7-25-14)9-15(12)20-18(22)16-11-24-8-6-23-16/h2-5,7,9,11H,6,8,10H2,1H3,(H,19,21)(H,20,22). The van der Waals surface area contributed by atoms with Gasteiger partial charge in [0.25, 0.3) is 11.8 Å². The Labute approximate surface area is 154 Å². The predicted molar refractivity (Wildman–Crippen MR) is 102 cm³/mol. The fourth-order valence-corrected chi connectivity index (χ4v) is 3.52. The van der Waals surface area contributed by atoms with Crippen molar-refractivity contribution in [2.45, 2.75) is 13.5 Å². The normalized spacial score (nSPS) is 13.6. The third-order valence-corrected chi connectivity index (χ3v) is 5.28. The van der Waals surface area contributed by atoms with E-state index in [0.29, 0.717) is 30.2 Å². The van der Waals surface area contributed by atoms with Crippen LogP contribution in [0.15, 0.2) is 46.9 Å². The Morgan fingerprint density at radius 3 is 2.84 bits per heavy atom. The second kappa shape index (κ2) is 8.22. The van der Waals surface area contributed by atoms with Crippen molar-refractivity contribution in [1.29, 1.82) is 0 Å². The SMILES string of the molecule is Cc1ccc(C(=O)NCc2cccs2)cc1NC(=O)C1=CSCCO1. The average molecular weight is 374 g/mol. The quantitative estimate of drug-likeness (QED) is 0.840. The van der Waals surface area contributed by atoms with Crippen LogP contribution in [0, 0.1) is 6.92 Å². The van der Waals surface area contributed by atoms with Crippen molar-refractivity contribution in [2.24, 2.45) is 0 Å². The number of rotatable bonds is 5. The Morgan fingerprint density at radius 1 is 1.24 bits per heavy atom. The molecule has 0 fully saturated rings. The molecule has 1 aliphatic heterocycles. The minimum atomic E-state index is -0.300. The molecule has 1 aromatic carbocycles. The van der Waals surface area contributed by atoms with Gasteiger partial charge in [0.2, 0.25) is 0 Å². The predicted octanol–water partition coefficient (Wildman–Crippen LogP) is 3.53. The van der Waals surface area contributed by atoms with E-state index in [1.165, 1.54) is 0 Å². The van der Waals surface area contributed by atoms with Crippen LogP contribution in [0.25, 0.3) is 0 Å². The first kappa shape index (κ1) is 17.6. The molecule has 7 heteroatoms. The van der Waals surface area contributed by atoms with E-state index in [-0.39, 0.29) is 11.8 Å². The van der Waals surface area contributed by atoms with E-state index in [2.05, 4.69) is 10.6 Å². The van der Waals surface area contributed by atoms with Crippen molar-refractivity contribution in [2.75, 3.05) is 17.7 Å².